The maximum atomic E-state index is 12.4. The Kier molecular flexibility index (Phi) is 3.99. The number of fused-ring (bicyclic) bond motifs is 1. The smallest absolute Gasteiger partial charge is 0.244 e. The van der Waals surface area contributed by atoms with Crippen LogP contribution in [0.25, 0.3) is 0 Å². The number of nitrogens with zero attached hydrogens (tertiary/aromatic N) is 2. The molecule has 0 spiro atoms. The van der Waals surface area contributed by atoms with Gasteiger partial charge in [-0.15, -0.1) is 0 Å². The van der Waals surface area contributed by atoms with E-state index >= 15 is 0 Å². The molecule has 0 saturated heterocycles. The Morgan fingerprint density at radius 2 is 2.06 bits per heavy atom. The van der Waals surface area contributed by atoms with Gasteiger partial charge < -0.3 is 4.90 Å². The lowest BCUT2D eigenvalue weighted by Gasteiger charge is -2.23. The van der Waals surface area contributed by atoms with Crippen LogP contribution in [0.2, 0.25) is 0 Å². The van der Waals surface area contributed by atoms with Crippen LogP contribution < -0.4 is 4.90 Å². The second kappa shape index (κ2) is 5.19. The van der Waals surface area contributed by atoms with E-state index in [1.54, 1.807) is 13.1 Å². The van der Waals surface area contributed by atoms with E-state index in [9.17, 15) is 8.42 Å². The van der Waals surface area contributed by atoms with Gasteiger partial charge in [0.1, 0.15) is 4.90 Å². The Balaban J connectivity index is 2.60. The third-order valence-electron chi connectivity index (χ3n) is 3.13. The summed E-state index contributed by atoms with van der Waals surface area (Å²) in [5.74, 6) is 0. The van der Waals surface area contributed by atoms with Crippen molar-refractivity contribution in [3.63, 3.8) is 0 Å². The fourth-order valence-corrected chi connectivity index (χ4v) is 4.04. The third kappa shape index (κ3) is 2.41. The molecule has 2 rings (SSSR count). The number of likely N-dealkylation sites (N-methyl/N-ethyl adjacent to an activating group) is 1. The summed E-state index contributed by atoms with van der Waals surface area (Å²) in [7, 11) is -1.73. The molecular weight excluding hydrogens is 316 g/mol. The molecule has 0 aromatic heterocycles. The molecule has 1 aliphatic heterocycles. The van der Waals surface area contributed by atoms with Crippen LogP contribution in [0.4, 0.5) is 5.69 Å². The summed E-state index contributed by atoms with van der Waals surface area (Å²) in [6.07, 6.45) is 0.999. The number of benzene rings is 1. The highest BCUT2D eigenvalue weighted by molar-refractivity contribution is 9.10. The molecule has 1 aliphatic rings. The summed E-state index contributed by atoms with van der Waals surface area (Å²) >= 11 is 3.34. The molecule has 0 amide bonds. The average molecular weight is 333 g/mol. The van der Waals surface area contributed by atoms with Crippen LogP contribution in [-0.2, 0) is 10.0 Å². The van der Waals surface area contributed by atoms with Crippen molar-refractivity contribution >= 4 is 31.6 Å². The molecule has 1 aromatic carbocycles. The highest BCUT2D eigenvalue weighted by Gasteiger charge is 2.29. The Bertz CT molecular complexity index is 545. The molecule has 0 atom stereocenters. The second-order valence-electron chi connectivity index (χ2n) is 4.43. The van der Waals surface area contributed by atoms with Gasteiger partial charge in [-0.1, -0.05) is 22.9 Å². The largest absolute Gasteiger partial charge is 0.369 e. The molecule has 4 nitrogen and oxygen atoms in total. The summed E-state index contributed by atoms with van der Waals surface area (Å²) < 4.78 is 27.0. The molecule has 0 N–H and O–H groups in total. The van der Waals surface area contributed by atoms with Gasteiger partial charge in [0, 0.05) is 31.2 Å². The summed E-state index contributed by atoms with van der Waals surface area (Å²) in [6.45, 7) is 4.23. The average Bonchev–Trinajstić information content (AvgIpc) is 2.41. The number of rotatable bonds is 2. The van der Waals surface area contributed by atoms with Crippen LogP contribution in [0.1, 0.15) is 13.3 Å². The van der Waals surface area contributed by atoms with Crippen molar-refractivity contribution in [1.82, 2.24) is 4.31 Å². The Morgan fingerprint density at radius 1 is 1.33 bits per heavy atom. The van der Waals surface area contributed by atoms with Gasteiger partial charge in [-0.05, 0) is 24.6 Å². The van der Waals surface area contributed by atoms with Gasteiger partial charge in [0.15, 0.2) is 0 Å². The van der Waals surface area contributed by atoms with Crippen molar-refractivity contribution in [3.05, 3.63) is 22.7 Å². The second-order valence-corrected chi connectivity index (χ2v) is 7.35. The van der Waals surface area contributed by atoms with E-state index < -0.39 is 10.0 Å². The van der Waals surface area contributed by atoms with E-state index in [-0.39, 0.29) is 0 Å². The van der Waals surface area contributed by atoms with Crippen LogP contribution in [0.15, 0.2) is 27.6 Å². The topological polar surface area (TPSA) is 40.6 Å². The van der Waals surface area contributed by atoms with Gasteiger partial charge >= 0.3 is 0 Å². The zero-order chi connectivity index (χ0) is 13.3. The molecule has 0 radical (unpaired) electrons. The van der Waals surface area contributed by atoms with Crippen molar-refractivity contribution in [1.29, 1.82) is 0 Å². The molecule has 1 heterocycles. The standard InChI is InChI=1S/C12H17BrN2O2S/c1-3-6-15-8-7-14(2)18(16,17)12-9-10(13)4-5-11(12)15/h4-5,9H,3,6-8H2,1-2H3. The molecule has 6 heteroatoms. The van der Waals surface area contributed by atoms with Crippen molar-refractivity contribution < 1.29 is 8.42 Å². The van der Waals surface area contributed by atoms with Crippen molar-refractivity contribution in [3.8, 4) is 0 Å². The first-order chi connectivity index (χ1) is 8.46. The molecule has 0 bridgehead atoms. The highest BCUT2D eigenvalue weighted by atomic mass is 79.9. The third-order valence-corrected chi connectivity index (χ3v) is 5.51. The van der Waals surface area contributed by atoms with E-state index in [2.05, 4.69) is 27.8 Å². The molecule has 1 aromatic rings. The van der Waals surface area contributed by atoms with E-state index in [1.165, 1.54) is 4.31 Å². The van der Waals surface area contributed by atoms with Gasteiger partial charge in [-0.2, -0.15) is 4.31 Å². The summed E-state index contributed by atoms with van der Waals surface area (Å²) in [4.78, 5) is 2.54. The molecular formula is C12H17BrN2O2S. The van der Waals surface area contributed by atoms with Crippen molar-refractivity contribution in [2.75, 3.05) is 31.6 Å². The Morgan fingerprint density at radius 3 is 2.72 bits per heavy atom. The van der Waals surface area contributed by atoms with Gasteiger partial charge in [0.05, 0.1) is 5.69 Å². The number of hydrogen-bond donors (Lipinski definition) is 0. The molecule has 0 aliphatic carbocycles. The van der Waals surface area contributed by atoms with Gasteiger partial charge in [0.25, 0.3) is 0 Å². The van der Waals surface area contributed by atoms with E-state index in [0.717, 1.165) is 29.7 Å². The molecule has 0 unspecified atom stereocenters. The summed E-state index contributed by atoms with van der Waals surface area (Å²) in [5, 5.41) is 0. The molecule has 0 saturated carbocycles. The van der Waals surface area contributed by atoms with E-state index in [1.807, 2.05) is 12.1 Å². The van der Waals surface area contributed by atoms with Crippen LogP contribution in [0, 0.1) is 0 Å². The lowest BCUT2D eigenvalue weighted by atomic mass is 10.2. The van der Waals surface area contributed by atoms with Crippen LogP contribution in [0.3, 0.4) is 0 Å². The van der Waals surface area contributed by atoms with Crippen molar-refractivity contribution in [2.24, 2.45) is 0 Å². The lowest BCUT2D eigenvalue weighted by Crippen LogP contribution is -2.32. The number of hydrogen-bond acceptors (Lipinski definition) is 3. The fraction of sp³-hybridized carbons (Fsp3) is 0.500. The summed E-state index contributed by atoms with van der Waals surface area (Å²) in [5.41, 5.74) is 0.810. The van der Waals surface area contributed by atoms with Gasteiger partial charge in [0.2, 0.25) is 10.0 Å². The predicted octanol–water partition coefficient (Wildman–Crippen LogP) is 2.30. The summed E-state index contributed by atoms with van der Waals surface area (Å²) in [6, 6.07) is 5.46. The van der Waals surface area contributed by atoms with Gasteiger partial charge in [-0.3, -0.25) is 0 Å². The van der Waals surface area contributed by atoms with Crippen LogP contribution in [-0.4, -0.2) is 39.4 Å². The maximum absolute atomic E-state index is 12.4. The minimum atomic E-state index is -3.37. The van der Waals surface area contributed by atoms with E-state index in [4.69, 9.17) is 0 Å². The minimum Gasteiger partial charge on any atom is -0.369 e. The minimum absolute atomic E-state index is 0.394. The Labute approximate surface area is 117 Å². The lowest BCUT2D eigenvalue weighted by molar-refractivity contribution is 0.478. The first-order valence-corrected chi connectivity index (χ1v) is 8.21. The molecule has 18 heavy (non-hydrogen) atoms. The first kappa shape index (κ1) is 13.8. The van der Waals surface area contributed by atoms with Crippen LogP contribution in [0.5, 0.6) is 0 Å². The molecule has 0 fully saturated rings. The maximum Gasteiger partial charge on any atom is 0.244 e. The number of halogens is 1. The Hall–Kier alpha value is -0.590. The van der Waals surface area contributed by atoms with E-state index in [0.29, 0.717) is 11.4 Å². The monoisotopic (exact) mass is 332 g/mol. The number of sulfonamides is 1. The van der Waals surface area contributed by atoms with Gasteiger partial charge in [-0.25, -0.2) is 8.42 Å². The predicted molar refractivity (Wildman–Crippen MR) is 76.5 cm³/mol. The zero-order valence-corrected chi connectivity index (χ0v) is 13.0. The van der Waals surface area contributed by atoms with Crippen molar-refractivity contribution in [2.45, 2.75) is 18.2 Å². The quantitative estimate of drug-likeness (QED) is 0.834. The number of anilines is 1. The zero-order valence-electron chi connectivity index (χ0n) is 10.6. The molecule has 100 valence electrons. The normalized spacial score (nSPS) is 19.4. The van der Waals surface area contributed by atoms with Crippen LogP contribution >= 0.6 is 15.9 Å². The fourth-order valence-electron chi connectivity index (χ4n) is 2.13. The highest BCUT2D eigenvalue weighted by Crippen LogP contribution is 2.32. The first-order valence-electron chi connectivity index (χ1n) is 5.97. The SMILES string of the molecule is CCCN1CCN(C)S(=O)(=O)c2cc(Br)ccc21.